The van der Waals surface area contributed by atoms with Crippen LogP contribution >= 0.6 is 11.8 Å². The Bertz CT molecular complexity index is 305. The molecule has 2 aliphatic heterocycles. The smallest absolute Gasteiger partial charge is 0.267 e. The minimum absolute atomic E-state index is 0.510. The average molecular weight is 254 g/mol. The number of ether oxygens (including phenoxy) is 1. The summed E-state index contributed by atoms with van der Waals surface area (Å²) in [4.78, 5) is 3.85. The van der Waals surface area contributed by atoms with Crippen molar-refractivity contribution in [3.05, 3.63) is 0 Å². The van der Waals surface area contributed by atoms with Gasteiger partial charge in [0.1, 0.15) is 23.7 Å². The van der Waals surface area contributed by atoms with Crippen molar-refractivity contribution < 1.29 is 23.7 Å². The molecule has 2 fully saturated rings. The van der Waals surface area contributed by atoms with Gasteiger partial charge in [0.05, 0.1) is 6.04 Å². The number of alkyl halides is 2. The summed E-state index contributed by atoms with van der Waals surface area (Å²) in [5.41, 5.74) is -0.643. The molecule has 5 unspecified atom stereocenters. The fourth-order valence-electron chi connectivity index (χ4n) is 1.75. The minimum Gasteiger partial charge on any atom is -0.388 e. The van der Waals surface area contributed by atoms with Crippen molar-refractivity contribution >= 4 is 16.9 Å². The SMILES string of the molecule is CN=C1NC2C(OC(C(F)F)C(O)C2O)S1. The number of aliphatic hydroxyl groups is 2. The normalized spacial score (nSPS) is 45.9. The molecule has 2 aliphatic rings. The summed E-state index contributed by atoms with van der Waals surface area (Å²) in [6, 6.07) is -0.603. The number of nitrogens with zero attached hydrogens (tertiary/aromatic N) is 1. The number of fused-ring (bicyclic) bond motifs is 1. The Morgan fingerprint density at radius 2 is 2.12 bits per heavy atom. The number of aliphatic imine (C=N–C) groups is 1. The fourth-order valence-corrected chi connectivity index (χ4v) is 2.84. The van der Waals surface area contributed by atoms with E-state index in [1.54, 1.807) is 7.05 Å². The van der Waals surface area contributed by atoms with Gasteiger partial charge in [-0.3, -0.25) is 4.99 Å². The van der Waals surface area contributed by atoms with E-state index in [4.69, 9.17) is 4.74 Å². The van der Waals surface area contributed by atoms with Crippen molar-refractivity contribution in [2.24, 2.45) is 4.99 Å². The van der Waals surface area contributed by atoms with Crippen LogP contribution in [0.1, 0.15) is 0 Å². The van der Waals surface area contributed by atoms with Gasteiger partial charge in [-0.1, -0.05) is 11.8 Å². The Labute approximate surface area is 94.9 Å². The van der Waals surface area contributed by atoms with E-state index in [0.29, 0.717) is 5.17 Å². The standard InChI is InChI=1S/C8H12F2N2O3S/c1-11-8-12-2-3(13)4(14)5(6(9)10)15-7(2)16-8/h2-7,13-14H,1H3,(H,11,12). The van der Waals surface area contributed by atoms with Crippen LogP contribution in [0.5, 0.6) is 0 Å². The highest BCUT2D eigenvalue weighted by molar-refractivity contribution is 8.14. The van der Waals surface area contributed by atoms with Crippen LogP contribution in [-0.4, -0.2) is 58.6 Å². The van der Waals surface area contributed by atoms with Crippen molar-refractivity contribution in [3.63, 3.8) is 0 Å². The molecule has 0 saturated carbocycles. The second-order valence-corrected chi connectivity index (χ2v) is 4.69. The first-order valence-corrected chi connectivity index (χ1v) is 5.62. The number of hydrogen-bond acceptors (Lipinski definition) is 5. The minimum atomic E-state index is -2.83. The van der Waals surface area contributed by atoms with Gasteiger partial charge >= 0.3 is 0 Å². The van der Waals surface area contributed by atoms with E-state index in [0.717, 1.165) is 11.8 Å². The lowest BCUT2D eigenvalue weighted by molar-refractivity contribution is -0.195. The molecular formula is C8H12F2N2O3S. The predicted molar refractivity (Wildman–Crippen MR) is 54.6 cm³/mol. The maximum absolute atomic E-state index is 12.5. The highest BCUT2D eigenvalue weighted by atomic mass is 32.2. The van der Waals surface area contributed by atoms with E-state index >= 15 is 0 Å². The molecular weight excluding hydrogens is 242 g/mol. The Morgan fingerprint density at radius 3 is 2.69 bits per heavy atom. The van der Waals surface area contributed by atoms with Gasteiger partial charge in [0.2, 0.25) is 0 Å². The zero-order valence-corrected chi connectivity index (χ0v) is 9.19. The Balaban J connectivity index is 2.15. The number of rotatable bonds is 1. The number of thioether (sulfide) groups is 1. The molecule has 92 valence electrons. The molecule has 0 radical (unpaired) electrons. The molecule has 0 aliphatic carbocycles. The largest absolute Gasteiger partial charge is 0.388 e. The lowest BCUT2D eigenvalue weighted by Crippen LogP contribution is -2.60. The monoisotopic (exact) mass is 254 g/mol. The van der Waals surface area contributed by atoms with Gasteiger partial charge in [-0.05, 0) is 0 Å². The second-order valence-electron chi connectivity index (χ2n) is 3.60. The van der Waals surface area contributed by atoms with E-state index in [1.807, 2.05) is 0 Å². The van der Waals surface area contributed by atoms with Crippen molar-refractivity contribution in [2.45, 2.75) is 36.2 Å². The summed E-state index contributed by atoms with van der Waals surface area (Å²) in [5, 5.41) is 22.5. The molecule has 0 aromatic carbocycles. The molecule has 0 bridgehead atoms. The molecule has 5 atom stereocenters. The van der Waals surface area contributed by atoms with Crippen LogP contribution < -0.4 is 5.32 Å². The van der Waals surface area contributed by atoms with Gasteiger partial charge < -0.3 is 20.3 Å². The number of hydrogen-bond donors (Lipinski definition) is 3. The van der Waals surface area contributed by atoms with Crippen LogP contribution in [-0.2, 0) is 4.74 Å². The molecule has 0 spiro atoms. The molecule has 8 heteroatoms. The van der Waals surface area contributed by atoms with Crippen LogP contribution in [0.3, 0.4) is 0 Å². The molecule has 2 heterocycles. The lowest BCUT2D eigenvalue weighted by atomic mass is 9.98. The Kier molecular flexibility index (Phi) is 3.34. The van der Waals surface area contributed by atoms with Gasteiger partial charge in [0.15, 0.2) is 5.17 Å². The summed E-state index contributed by atoms with van der Waals surface area (Å²) in [5.74, 6) is 0. The number of nitrogens with one attached hydrogen (secondary N) is 1. The Hall–Kier alpha value is -0.440. The average Bonchev–Trinajstić information content (AvgIpc) is 2.66. The van der Waals surface area contributed by atoms with E-state index in [9.17, 15) is 19.0 Å². The lowest BCUT2D eigenvalue weighted by Gasteiger charge is -2.38. The van der Waals surface area contributed by atoms with E-state index < -0.39 is 36.2 Å². The molecule has 16 heavy (non-hydrogen) atoms. The summed E-state index contributed by atoms with van der Waals surface area (Å²) in [7, 11) is 1.54. The van der Waals surface area contributed by atoms with Gasteiger partial charge in [-0.25, -0.2) is 8.78 Å². The molecule has 0 aromatic heterocycles. The molecule has 0 aromatic rings. The molecule has 0 amide bonds. The molecule has 2 rings (SSSR count). The zero-order valence-electron chi connectivity index (χ0n) is 8.38. The highest BCUT2D eigenvalue weighted by Crippen LogP contribution is 2.35. The summed E-state index contributed by atoms with van der Waals surface area (Å²) in [6.07, 6.45) is -7.36. The molecule has 2 saturated heterocycles. The van der Waals surface area contributed by atoms with Gasteiger partial charge in [0, 0.05) is 7.05 Å². The van der Waals surface area contributed by atoms with Gasteiger partial charge in [-0.15, -0.1) is 0 Å². The summed E-state index contributed by atoms with van der Waals surface area (Å²) >= 11 is 1.13. The maximum atomic E-state index is 12.5. The van der Waals surface area contributed by atoms with Crippen LogP contribution in [0.4, 0.5) is 8.78 Å². The van der Waals surface area contributed by atoms with Crippen LogP contribution in [0, 0.1) is 0 Å². The first-order chi connectivity index (χ1) is 7.54. The van der Waals surface area contributed by atoms with Crippen molar-refractivity contribution in [3.8, 4) is 0 Å². The second kappa shape index (κ2) is 4.44. The van der Waals surface area contributed by atoms with E-state index in [1.165, 1.54) is 0 Å². The van der Waals surface area contributed by atoms with Crippen molar-refractivity contribution in [1.29, 1.82) is 0 Å². The zero-order chi connectivity index (χ0) is 11.9. The fraction of sp³-hybridized carbons (Fsp3) is 0.875. The summed E-state index contributed by atoms with van der Waals surface area (Å²) in [6.45, 7) is 0. The maximum Gasteiger partial charge on any atom is 0.267 e. The van der Waals surface area contributed by atoms with Crippen molar-refractivity contribution in [2.75, 3.05) is 7.05 Å². The van der Waals surface area contributed by atoms with E-state index in [2.05, 4.69) is 10.3 Å². The highest BCUT2D eigenvalue weighted by Gasteiger charge is 2.51. The van der Waals surface area contributed by atoms with Gasteiger partial charge in [-0.2, -0.15) is 0 Å². The van der Waals surface area contributed by atoms with Crippen LogP contribution in [0.25, 0.3) is 0 Å². The van der Waals surface area contributed by atoms with Crippen LogP contribution in [0.2, 0.25) is 0 Å². The Morgan fingerprint density at radius 1 is 1.44 bits per heavy atom. The quantitative estimate of drug-likeness (QED) is 0.582. The number of halogens is 2. The topological polar surface area (TPSA) is 74.1 Å². The third-order valence-corrected chi connectivity index (χ3v) is 3.77. The molecule has 3 N–H and O–H groups in total. The first-order valence-electron chi connectivity index (χ1n) is 4.74. The number of aliphatic hydroxyl groups excluding tert-OH is 2. The predicted octanol–water partition coefficient (Wildman–Crippen LogP) is -0.611. The van der Waals surface area contributed by atoms with E-state index in [-0.39, 0.29) is 0 Å². The first kappa shape index (κ1) is 12.0. The molecule has 5 nitrogen and oxygen atoms in total. The van der Waals surface area contributed by atoms with Crippen LogP contribution in [0.15, 0.2) is 4.99 Å². The van der Waals surface area contributed by atoms with Crippen molar-refractivity contribution in [1.82, 2.24) is 5.32 Å². The van der Waals surface area contributed by atoms with Gasteiger partial charge in [0.25, 0.3) is 6.43 Å². The number of amidine groups is 1. The third-order valence-electron chi connectivity index (χ3n) is 2.61. The summed E-state index contributed by atoms with van der Waals surface area (Å²) < 4.78 is 30.1. The third kappa shape index (κ3) is 1.90.